The molecule has 0 unspecified atom stereocenters. The second kappa shape index (κ2) is 11.1. The van der Waals surface area contributed by atoms with E-state index in [2.05, 4.69) is 20.9 Å². The average molecular weight is 347 g/mol. The summed E-state index contributed by atoms with van der Waals surface area (Å²) in [6, 6.07) is 7.61. The average Bonchev–Trinajstić information content (AvgIpc) is 2.57. The highest BCUT2D eigenvalue weighted by Gasteiger charge is 2.06. The van der Waals surface area contributed by atoms with Gasteiger partial charge in [0.05, 0.1) is 13.1 Å². The Labute approximate surface area is 149 Å². The van der Waals surface area contributed by atoms with Crippen molar-refractivity contribution in [3.05, 3.63) is 29.8 Å². The number of nitrogens with one attached hydrogen (secondary N) is 3. The lowest BCUT2D eigenvalue weighted by Gasteiger charge is -2.14. The smallest absolute Gasteiger partial charge is 0.241 e. The van der Waals surface area contributed by atoms with Crippen LogP contribution in [0.2, 0.25) is 0 Å². The molecular formula is C18H29N5O2. The van der Waals surface area contributed by atoms with E-state index < -0.39 is 0 Å². The number of carbonyl (C=O) groups excluding carboxylic acids is 2. The molecule has 0 radical (unpaired) electrons. The number of benzene rings is 1. The summed E-state index contributed by atoms with van der Waals surface area (Å²) in [5, 5.41) is 9.00. The number of guanidine groups is 1. The highest BCUT2D eigenvalue weighted by atomic mass is 16.2. The van der Waals surface area contributed by atoms with Crippen LogP contribution in [-0.4, -0.2) is 49.9 Å². The zero-order valence-corrected chi connectivity index (χ0v) is 15.6. The minimum absolute atomic E-state index is 0.0142. The van der Waals surface area contributed by atoms with E-state index in [0.29, 0.717) is 25.5 Å². The van der Waals surface area contributed by atoms with E-state index in [1.807, 2.05) is 38.1 Å². The third-order valence-electron chi connectivity index (χ3n) is 3.36. The van der Waals surface area contributed by atoms with Gasteiger partial charge in [0.15, 0.2) is 5.96 Å². The quantitative estimate of drug-likeness (QED) is 0.492. The van der Waals surface area contributed by atoms with Crippen molar-refractivity contribution in [3.63, 3.8) is 0 Å². The predicted octanol–water partition coefficient (Wildman–Crippen LogP) is 1.57. The molecular weight excluding hydrogens is 318 g/mol. The molecule has 7 heteroatoms. The Balaban J connectivity index is 2.68. The molecule has 1 aromatic rings. The number of hydrogen-bond donors (Lipinski definition) is 3. The number of carbonyl (C=O) groups is 2. The molecule has 25 heavy (non-hydrogen) atoms. The van der Waals surface area contributed by atoms with Gasteiger partial charge in [-0.1, -0.05) is 19.1 Å². The van der Waals surface area contributed by atoms with E-state index in [9.17, 15) is 9.59 Å². The van der Waals surface area contributed by atoms with Crippen LogP contribution in [0.1, 0.15) is 32.3 Å². The van der Waals surface area contributed by atoms with Crippen molar-refractivity contribution in [1.29, 1.82) is 0 Å². The van der Waals surface area contributed by atoms with Crippen molar-refractivity contribution in [2.45, 2.75) is 33.2 Å². The second-order valence-corrected chi connectivity index (χ2v) is 5.84. The molecule has 0 fully saturated rings. The lowest BCUT2D eigenvalue weighted by molar-refractivity contribution is -0.127. The Morgan fingerprint density at radius 1 is 1.16 bits per heavy atom. The van der Waals surface area contributed by atoms with Gasteiger partial charge in [-0.15, -0.1) is 0 Å². The van der Waals surface area contributed by atoms with Crippen molar-refractivity contribution in [2.24, 2.45) is 4.99 Å². The number of amides is 2. The second-order valence-electron chi connectivity index (χ2n) is 5.84. The van der Waals surface area contributed by atoms with Crippen LogP contribution in [0, 0.1) is 0 Å². The number of hydrogen-bond acceptors (Lipinski definition) is 3. The number of aliphatic imine (C=N–C) groups is 1. The first-order valence-electron chi connectivity index (χ1n) is 8.57. The number of rotatable bonds is 8. The van der Waals surface area contributed by atoms with Crippen molar-refractivity contribution >= 4 is 23.5 Å². The van der Waals surface area contributed by atoms with Crippen LogP contribution < -0.4 is 16.0 Å². The van der Waals surface area contributed by atoms with Crippen LogP contribution in [0.15, 0.2) is 29.3 Å². The fourth-order valence-electron chi connectivity index (χ4n) is 2.03. The Morgan fingerprint density at radius 3 is 2.56 bits per heavy atom. The lowest BCUT2D eigenvalue weighted by atomic mass is 10.2. The zero-order chi connectivity index (χ0) is 18.7. The van der Waals surface area contributed by atoms with E-state index in [1.54, 1.807) is 14.1 Å². The summed E-state index contributed by atoms with van der Waals surface area (Å²) in [6.45, 7) is 5.28. The predicted molar refractivity (Wildman–Crippen MR) is 101 cm³/mol. The van der Waals surface area contributed by atoms with Crippen LogP contribution in [0.3, 0.4) is 0 Å². The zero-order valence-electron chi connectivity index (χ0n) is 15.6. The fourth-order valence-corrected chi connectivity index (χ4v) is 2.03. The molecule has 0 saturated heterocycles. The van der Waals surface area contributed by atoms with E-state index in [1.165, 1.54) is 4.90 Å². The molecule has 2 amide bonds. The Hall–Kier alpha value is -2.57. The van der Waals surface area contributed by atoms with E-state index in [0.717, 1.165) is 17.7 Å². The summed E-state index contributed by atoms with van der Waals surface area (Å²) in [7, 11) is 3.43. The van der Waals surface area contributed by atoms with Crippen molar-refractivity contribution in [2.75, 3.05) is 32.5 Å². The molecule has 0 atom stereocenters. The summed E-state index contributed by atoms with van der Waals surface area (Å²) < 4.78 is 0. The molecule has 1 aromatic carbocycles. The minimum Gasteiger partial charge on any atom is -0.357 e. The van der Waals surface area contributed by atoms with Crippen molar-refractivity contribution < 1.29 is 9.59 Å². The molecule has 0 spiro atoms. The summed E-state index contributed by atoms with van der Waals surface area (Å²) >= 11 is 0. The van der Waals surface area contributed by atoms with Gasteiger partial charge in [-0.25, -0.2) is 4.99 Å². The van der Waals surface area contributed by atoms with Gasteiger partial charge in [-0.05, 0) is 31.0 Å². The highest BCUT2D eigenvalue weighted by molar-refractivity contribution is 5.90. The number of anilines is 1. The summed E-state index contributed by atoms with van der Waals surface area (Å²) in [6.07, 6.45) is 1.33. The first-order valence-corrected chi connectivity index (χ1v) is 8.57. The molecule has 0 saturated carbocycles. The van der Waals surface area contributed by atoms with Crippen molar-refractivity contribution in [1.82, 2.24) is 15.5 Å². The molecule has 0 aliphatic rings. The van der Waals surface area contributed by atoms with Gasteiger partial charge in [0.2, 0.25) is 11.8 Å². The summed E-state index contributed by atoms with van der Waals surface area (Å²) in [5.74, 6) is 0.574. The number of nitrogens with zero attached hydrogens (tertiary/aromatic N) is 2. The third kappa shape index (κ3) is 8.19. The topological polar surface area (TPSA) is 85.8 Å². The summed E-state index contributed by atoms with van der Waals surface area (Å²) in [5.41, 5.74) is 1.75. The third-order valence-corrected chi connectivity index (χ3v) is 3.36. The largest absolute Gasteiger partial charge is 0.357 e. The van der Waals surface area contributed by atoms with E-state index in [4.69, 9.17) is 0 Å². The maximum atomic E-state index is 11.7. The summed E-state index contributed by atoms with van der Waals surface area (Å²) in [4.78, 5) is 29.4. The normalized spacial score (nSPS) is 11.0. The molecule has 7 nitrogen and oxygen atoms in total. The molecule has 0 aliphatic heterocycles. The molecule has 1 rings (SSSR count). The van der Waals surface area contributed by atoms with Crippen LogP contribution >= 0.6 is 0 Å². The van der Waals surface area contributed by atoms with Crippen molar-refractivity contribution in [3.8, 4) is 0 Å². The van der Waals surface area contributed by atoms with Gasteiger partial charge in [0.1, 0.15) is 0 Å². The van der Waals surface area contributed by atoms with Crippen LogP contribution in [0.5, 0.6) is 0 Å². The van der Waals surface area contributed by atoms with Gasteiger partial charge in [0.25, 0.3) is 0 Å². The first kappa shape index (κ1) is 20.5. The minimum atomic E-state index is -0.0220. The van der Waals surface area contributed by atoms with Crippen LogP contribution in [0.25, 0.3) is 0 Å². The monoisotopic (exact) mass is 347 g/mol. The van der Waals surface area contributed by atoms with Gasteiger partial charge in [-0.2, -0.15) is 0 Å². The van der Waals surface area contributed by atoms with E-state index in [-0.39, 0.29) is 18.4 Å². The van der Waals surface area contributed by atoms with Gasteiger partial charge in [0, 0.05) is 32.7 Å². The van der Waals surface area contributed by atoms with Crippen LogP contribution in [-0.2, 0) is 16.1 Å². The lowest BCUT2D eigenvalue weighted by Crippen LogP contribution is -2.42. The van der Waals surface area contributed by atoms with E-state index >= 15 is 0 Å². The Bertz CT molecular complexity index is 599. The maximum absolute atomic E-state index is 11.7. The van der Waals surface area contributed by atoms with Crippen LogP contribution in [0.4, 0.5) is 5.69 Å². The molecule has 0 bridgehead atoms. The Kier molecular flexibility index (Phi) is 9.06. The first-order chi connectivity index (χ1) is 12.0. The SMILES string of the molecule is CCCC(=O)Nc1cccc(CN=C(NCC)NCC(=O)N(C)C)c1. The van der Waals surface area contributed by atoms with Gasteiger partial charge >= 0.3 is 0 Å². The standard InChI is InChI=1S/C18H29N5O2/c1-5-8-16(24)22-15-10-7-9-14(11-15)12-20-18(19-6-2)21-13-17(25)23(3)4/h7,9-11H,5-6,8,12-13H2,1-4H3,(H,22,24)(H2,19,20,21). The number of likely N-dealkylation sites (N-methyl/N-ethyl adjacent to an activating group) is 1. The molecule has 0 aliphatic carbocycles. The highest BCUT2D eigenvalue weighted by Crippen LogP contribution is 2.12. The van der Waals surface area contributed by atoms with Gasteiger partial charge < -0.3 is 20.9 Å². The fraction of sp³-hybridized carbons (Fsp3) is 0.500. The molecule has 138 valence electrons. The molecule has 3 N–H and O–H groups in total. The molecule has 0 heterocycles. The molecule has 0 aromatic heterocycles. The maximum Gasteiger partial charge on any atom is 0.241 e. The van der Waals surface area contributed by atoms with Gasteiger partial charge in [-0.3, -0.25) is 9.59 Å². The Morgan fingerprint density at radius 2 is 1.92 bits per heavy atom.